The maximum absolute atomic E-state index is 14.1. The van der Waals surface area contributed by atoms with Gasteiger partial charge in [-0.25, -0.2) is 12.8 Å². The molecule has 1 heterocycles. The molecule has 2 aromatic rings. The highest BCUT2D eigenvalue weighted by molar-refractivity contribution is 7.89. The summed E-state index contributed by atoms with van der Waals surface area (Å²) in [5, 5.41) is 2.81. The Morgan fingerprint density at radius 2 is 1.65 bits per heavy atom. The average Bonchev–Trinajstić information content (AvgIpc) is 2.85. The van der Waals surface area contributed by atoms with E-state index in [2.05, 4.69) is 5.32 Å². The predicted octanol–water partition coefficient (Wildman–Crippen LogP) is 3.54. The lowest BCUT2D eigenvalue weighted by atomic mass is 9.96. The fourth-order valence-electron chi connectivity index (χ4n) is 4.84. The summed E-state index contributed by atoms with van der Waals surface area (Å²) in [6.45, 7) is 2.62. The van der Waals surface area contributed by atoms with E-state index in [1.54, 1.807) is 43.4 Å². The van der Waals surface area contributed by atoms with Gasteiger partial charge in [0.2, 0.25) is 15.9 Å². The first-order valence-corrected chi connectivity index (χ1v) is 13.4. The number of hydrogen-bond acceptors (Lipinski definition) is 5. The van der Waals surface area contributed by atoms with Gasteiger partial charge in [0.1, 0.15) is 10.7 Å². The molecule has 0 atom stereocenters. The number of hydrogen-bond donors (Lipinski definition) is 1. The molecule has 0 aromatic heterocycles. The van der Waals surface area contributed by atoms with Crippen molar-refractivity contribution in [2.75, 3.05) is 50.0 Å². The number of carbonyl (C=O) groups is 1. The second-order valence-electron chi connectivity index (χ2n) is 9.07. The third-order valence-electron chi connectivity index (χ3n) is 6.84. The topological polar surface area (TPSA) is 73.0 Å². The van der Waals surface area contributed by atoms with Crippen LogP contribution in [0.4, 0.5) is 15.8 Å². The van der Waals surface area contributed by atoms with Crippen LogP contribution in [0.25, 0.3) is 0 Å². The van der Waals surface area contributed by atoms with Crippen molar-refractivity contribution in [3.8, 4) is 0 Å². The van der Waals surface area contributed by atoms with Gasteiger partial charge in [0.25, 0.3) is 0 Å². The lowest BCUT2D eigenvalue weighted by molar-refractivity contribution is -0.117. The molecule has 0 radical (unpaired) electrons. The van der Waals surface area contributed by atoms with Crippen LogP contribution in [0.15, 0.2) is 53.4 Å². The zero-order valence-corrected chi connectivity index (χ0v) is 20.4. The molecule has 4 rings (SSSR count). The van der Waals surface area contributed by atoms with Gasteiger partial charge in [-0.1, -0.05) is 43.5 Å². The van der Waals surface area contributed by atoms with E-state index in [1.165, 1.54) is 10.4 Å². The van der Waals surface area contributed by atoms with Crippen LogP contribution < -0.4 is 10.2 Å². The minimum atomic E-state index is -3.73. The molecule has 1 aliphatic carbocycles. The van der Waals surface area contributed by atoms with Crippen molar-refractivity contribution in [1.82, 2.24) is 9.21 Å². The SMILES string of the molecule is CN(C1CCCCC1)S(=O)(=O)c1ccccc1NC(=O)CN1CCN(c2ccccc2F)CC1. The molecule has 2 fully saturated rings. The molecule has 2 aromatic carbocycles. The van der Waals surface area contributed by atoms with Gasteiger partial charge in [-0.2, -0.15) is 4.31 Å². The molecular weight excluding hydrogens is 455 g/mol. The van der Waals surface area contributed by atoms with E-state index in [9.17, 15) is 17.6 Å². The number of amides is 1. The van der Waals surface area contributed by atoms with E-state index in [-0.39, 0.29) is 29.2 Å². The lowest BCUT2D eigenvalue weighted by Gasteiger charge is -2.35. The molecule has 1 saturated carbocycles. The largest absolute Gasteiger partial charge is 0.367 e. The fourth-order valence-corrected chi connectivity index (χ4v) is 6.40. The highest BCUT2D eigenvalue weighted by Gasteiger charge is 2.31. The van der Waals surface area contributed by atoms with Gasteiger partial charge in [-0.3, -0.25) is 9.69 Å². The normalized spacial score (nSPS) is 18.3. The number of sulfonamides is 1. The Bertz CT molecular complexity index is 1100. The molecule has 1 aliphatic heterocycles. The van der Waals surface area contributed by atoms with Crippen LogP contribution >= 0.6 is 0 Å². The minimum absolute atomic E-state index is 0.00625. The van der Waals surface area contributed by atoms with Crippen LogP contribution in [0.5, 0.6) is 0 Å². The first-order valence-electron chi connectivity index (χ1n) is 11.9. The van der Waals surface area contributed by atoms with Crippen LogP contribution in [0.3, 0.4) is 0 Å². The molecule has 0 unspecified atom stereocenters. The first-order chi connectivity index (χ1) is 16.4. The number of piperazine rings is 1. The third kappa shape index (κ3) is 5.59. The summed E-state index contributed by atoms with van der Waals surface area (Å²) in [4.78, 5) is 16.9. The Labute approximate surface area is 201 Å². The van der Waals surface area contributed by atoms with Crippen LogP contribution in [0.1, 0.15) is 32.1 Å². The van der Waals surface area contributed by atoms with Crippen molar-refractivity contribution in [1.29, 1.82) is 0 Å². The molecule has 34 heavy (non-hydrogen) atoms. The smallest absolute Gasteiger partial charge is 0.245 e. The summed E-state index contributed by atoms with van der Waals surface area (Å²) in [6, 6.07) is 13.3. The standard InChI is InChI=1S/C25H33FN4O3S/c1-28(20-9-3-2-4-10-20)34(32,33)24-14-8-6-12-22(24)27-25(31)19-29-15-17-30(18-16-29)23-13-7-5-11-21(23)26/h5-8,11-14,20H,2-4,9-10,15-19H2,1H3,(H,27,31). The number of para-hydroxylation sites is 2. The Morgan fingerprint density at radius 3 is 2.35 bits per heavy atom. The molecule has 9 heteroatoms. The van der Waals surface area contributed by atoms with Crippen LogP contribution in [-0.2, 0) is 14.8 Å². The summed E-state index contributed by atoms with van der Waals surface area (Å²) in [5.74, 6) is -0.507. The first kappa shape index (κ1) is 24.6. The monoisotopic (exact) mass is 488 g/mol. The Balaban J connectivity index is 1.37. The maximum Gasteiger partial charge on any atom is 0.245 e. The van der Waals surface area contributed by atoms with E-state index in [0.717, 1.165) is 32.1 Å². The summed E-state index contributed by atoms with van der Waals surface area (Å²) in [7, 11) is -2.09. The van der Waals surface area contributed by atoms with Crippen LogP contribution in [0.2, 0.25) is 0 Å². The van der Waals surface area contributed by atoms with Crippen molar-refractivity contribution in [3.63, 3.8) is 0 Å². The molecule has 2 aliphatic rings. The van der Waals surface area contributed by atoms with Crippen LogP contribution in [0, 0.1) is 5.82 Å². The predicted molar refractivity (Wildman–Crippen MR) is 132 cm³/mol. The van der Waals surface area contributed by atoms with Crippen molar-refractivity contribution >= 4 is 27.3 Å². The van der Waals surface area contributed by atoms with Crippen molar-refractivity contribution in [2.45, 2.75) is 43.0 Å². The molecule has 0 bridgehead atoms. The van der Waals surface area contributed by atoms with Gasteiger partial charge in [0.05, 0.1) is 17.9 Å². The van der Waals surface area contributed by atoms with Crippen molar-refractivity contribution in [2.24, 2.45) is 0 Å². The molecule has 0 spiro atoms. The van der Waals surface area contributed by atoms with Gasteiger partial charge in [-0.15, -0.1) is 0 Å². The van der Waals surface area contributed by atoms with E-state index >= 15 is 0 Å². The molecule has 1 amide bonds. The van der Waals surface area contributed by atoms with E-state index in [4.69, 9.17) is 0 Å². The lowest BCUT2D eigenvalue weighted by Crippen LogP contribution is -2.49. The number of halogens is 1. The highest BCUT2D eigenvalue weighted by atomic mass is 32.2. The highest BCUT2D eigenvalue weighted by Crippen LogP contribution is 2.30. The second kappa shape index (κ2) is 10.8. The molecule has 184 valence electrons. The minimum Gasteiger partial charge on any atom is -0.367 e. The Hall–Kier alpha value is -2.49. The number of carbonyl (C=O) groups excluding carboxylic acids is 1. The molecule has 1 N–H and O–H groups in total. The summed E-state index contributed by atoms with van der Waals surface area (Å²) in [6.07, 6.45) is 4.94. The zero-order chi connectivity index (χ0) is 24.1. The van der Waals surface area contributed by atoms with Gasteiger partial charge in [0.15, 0.2) is 0 Å². The fraction of sp³-hybridized carbons (Fsp3) is 0.480. The zero-order valence-electron chi connectivity index (χ0n) is 19.6. The van der Waals surface area contributed by atoms with Gasteiger partial charge in [0, 0.05) is 39.3 Å². The summed E-state index contributed by atoms with van der Waals surface area (Å²) in [5.41, 5.74) is 0.882. The number of benzene rings is 2. The number of nitrogens with zero attached hydrogens (tertiary/aromatic N) is 3. The second-order valence-corrected chi connectivity index (χ2v) is 11.0. The maximum atomic E-state index is 14.1. The summed E-state index contributed by atoms with van der Waals surface area (Å²) >= 11 is 0. The number of nitrogens with one attached hydrogen (secondary N) is 1. The quantitative estimate of drug-likeness (QED) is 0.646. The average molecular weight is 489 g/mol. The number of anilines is 2. The molecule has 7 nitrogen and oxygen atoms in total. The molecule has 1 saturated heterocycles. The van der Waals surface area contributed by atoms with Gasteiger partial charge >= 0.3 is 0 Å². The Morgan fingerprint density at radius 1 is 1.00 bits per heavy atom. The van der Waals surface area contributed by atoms with Crippen LogP contribution in [-0.4, -0.2) is 69.3 Å². The Kier molecular flexibility index (Phi) is 7.85. The van der Waals surface area contributed by atoms with E-state index in [1.807, 2.05) is 15.9 Å². The van der Waals surface area contributed by atoms with Crippen molar-refractivity contribution in [3.05, 3.63) is 54.3 Å². The van der Waals surface area contributed by atoms with E-state index < -0.39 is 10.0 Å². The van der Waals surface area contributed by atoms with Gasteiger partial charge < -0.3 is 10.2 Å². The third-order valence-corrected chi connectivity index (χ3v) is 8.81. The molecular formula is C25H33FN4O3S. The van der Waals surface area contributed by atoms with E-state index in [0.29, 0.717) is 37.6 Å². The number of rotatable bonds is 7. The summed E-state index contributed by atoms with van der Waals surface area (Å²) < 4.78 is 42.2. The van der Waals surface area contributed by atoms with Crippen molar-refractivity contribution < 1.29 is 17.6 Å². The van der Waals surface area contributed by atoms with Gasteiger partial charge in [-0.05, 0) is 37.1 Å².